The van der Waals surface area contributed by atoms with Gasteiger partial charge in [0, 0.05) is 49.7 Å². The van der Waals surface area contributed by atoms with E-state index in [4.69, 9.17) is 0 Å². The first-order valence-corrected chi connectivity index (χ1v) is 10.0. The van der Waals surface area contributed by atoms with E-state index in [1.807, 2.05) is 16.7 Å². The molecule has 1 saturated carbocycles. The highest BCUT2D eigenvalue weighted by Crippen LogP contribution is 2.42. The Morgan fingerprint density at radius 1 is 1.07 bits per heavy atom. The van der Waals surface area contributed by atoms with Gasteiger partial charge in [-0.2, -0.15) is 5.10 Å². The molecule has 5 heterocycles. The van der Waals surface area contributed by atoms with Crippen molar-refractivity contribution >= 4 is 11.8 Å². The molecule has 28 heavy (non-hydrogen) atoms. The smallest absolute Gasteiger partial charge is 0.274 e. The lowest BCUT2D eigenvalue weighted by Gasteiger charge is -2.36. The van der Waals surface area contributed by atoms with Crippen LogP contribution in [0.4, 0.5) is 0 Å². The zero-order valence-corrected chi connectivity index (χ0v) is 16.0. The Hall–Kier alpha value is -2.77. The fraction of sp³-hybridized carbons (Fsp3) is 0.550. The van der Waals surface area contributed by atoms with Crippen molar-refractivity contribution in [3.63, 3.8) is 0 Å². The first-order chi connectivity index (χ1) is 13.6. The average molecular weight is 380 g/mol. The summed E-state index contributed by atoms with van der Waals surface area (Å²) in [6.07, 6.45) is 8.79. The summed E-state index contributed by atoms with van der Waals surface area (Å²) >= 11 is 0. The maximum absolute atomic E-state index is 13.5. The van der Waals surface area contributed by atoms with E-state index in [2.05, 4.69) is 20.2 Å². The van der Waals surface area contributed by atoms with Crippen LogP contribution < -0.4 is 0 Å². The summed E-state index contributed by atoms with van der Waals surface area (Å²) < 4.78 is 0. The number of hydrogen-bond donors (Lipinski definition) is 1. The molecule has 2 bridgehead atoms. The van der Waals surface area contributed by atoms with Crippen molar-refractivity contribution in [3.05, 3.63) is 41.2 Å². The molecule has 146 valence electrons. The van der Waals surface area contributed by atoms with Crippen molar-refractivity contribution in [2.24, 2.45) is 5.92 Å². The lowest BCUT2D eigenvalue weighted by molar-refractivity contribution is 0.0572. The first kappa shape index (κ1) is 17.3. The zero-order chi connectivity index (χ0) is 19.3. The third-order valence-corrected chi connectivity index (χ3v) is 6.20. The molecule has 8 heteroatoms. The molecule has 0 spiro atoms. The highest BCUT2D eigenvalue weighted by molar-refractivity contribution is 5.97. The molecule has 4 aliphatic rings. The second-order valence-corrected chi connectivity index (χ2v) is 8.24. The minimum atomic E-state index is -0.0996. The first-order valence-electron chi connectivity index (χ1n) is 10.0. The van der Waals surface area contributed by atoms with Gasteiger partial charge in [0.1, 0.15) is 5.69 Å². The molecule has 0 unspecified atom stereocenters. The predicted molar refractivity (Wildman–Crippen MR) is 101 cm³/mol. The number of nitrogens with one attached hydrogen (secondary N) is 1. The number of aromatic amines is 1. The molecule has 0 radical (unpaired) electrons. The standard InChI is InChI=1S/C20H24N6O2/c1-12-17(18(24-23-12)14-3-4-14)20(28)26-10-13-2-5-15(26)11-25(9-13)19(27)16-8-21-6-7-22-16/h6-8,13-15H,2-5,9-11H2,1H3,(H,23,24)/t13-,15+/m0/s1. The molecule has 2 aromatic rings. The van der Waals surface area contributed by atoms with Gasteiger partial charge in [-0.1, -0.05) is 0 Å². The van der Waals surface area contributed by atoms with Crippen LogP contribution in [0.1, 0.15) is 63.8 Å². The van der Waals surface area contributed by atoms with Gasteiger partial charge in [0.25, 0.3) is 11.8 Å². The van der Waals surface area contributed by atoms with Crippen LogP contribution in [0.5, 0.6) is 0 Å². The van der Waals surface area contributed by atoms with Crippen molar-refractivity contribution in [2.45, 2.75) is 44.6 Å². The minimum absolute atomic E-state index is 0.0354. The molecular weight excluding hydrogens is 356 g/mol. The number of H-pyrrole nitrogens is 1. The summed E-state index contributed by atoms with van der Waals surface area (Å²) in [6.45, 7) is 3.83. The van der Waals surface area contributed by atoms with E-state index < -0.39 is 0 Å². The normalized spacial score (nSPS) is 24.3. The molecule has 6 rings (SSSR count). The molecule has 2 atom stereocenters. The van der Waals surface area contributed by atoms with E-state index >= 15 is 0 Å². The van der Waals surface area contributed by atoms with Crippen molar-refractivity contribution in [2.75, 3.05) is 19.6 Å². The number of aromatic nitrogens is 4. The molecule has 8 nitrogen and oxygen atoms in total. The lowest BCUT2D eigenvalue weighted by atomic mass is 9.94. The second-order valence-electron chi connectivity index (χ2n) is 8.24. The summed E-state index contributed by atoms with van der Waals surface area (Å²) in [6, 6.07) is 0.0354. The van der Waals surface area contributed by atoms with Crippen LogP contribution in [0, 0.1) is 12.8 Å². The number of rotatable bonds is 3. The Bertz CT molecular complexity index is 907. The maximum Gasteiger partial charge on any atom is 0.274 e. The van der Waals surface area contributed by atoms with Crippen molar-refractivity contribution < 1.29 is 9.59 Å². The quantitative estimate of drug-likeness (QED) is 0.875. The summed E-state index contributed by atoms with van der Waals surface area (Å²) in [4.78, 5) is 38.4. The summed E-state index contributed by atoms with van der Waals surface area (Å²) in [5, 5.41) is 7.42. The van der Waals surface area contributed by atoms with Crippen molar-refractivity contribution in [1.82, 2.24) is 30.0 Å². The van der Waals surface area contributed by atoms with Crippen LogP contribution in [-0.4, -0.2) is 67.5 Å². The van der Waals surface area contributed by atoms with Gasteiger partial charge in [-0.05, 0) is 38.5 Å². The number of piperidine rings is 1. The van der Waals surface area contributed by atoms with Gasteiger partial charge in [0.05, 0.1) is 17.5 Å². The van der Waals surface area contributed by atoms with Crippen LogP contribution in [0.25, 0.3) is 0 Å². The molecule has 4 fully saturated rings. The molecular formula is C20H24N6O2. The van der Waals surface area contributed by atoms with Gasteiger partial charge >= 0.3 is 0 Å². The average Bonchev–Trinajstić information content (AvgIpc) is 3.54. The van der Waals surface area contributed by atoms with Gasteiger partial charge < -0.3 is 9.80 Å². The van der Waals surface area contributed by atoms with Crippen LogP contribution in [0.3, 0.4) is 0 Å². The molecule has 1 aliphatic carbocycles. The number of nitrogens with zero attached hydrogens (tertiary/aromatic N) is 5. The summed E-state index contributed by atoms with van der Waals surface area (Å²) in [7, 11) is 0. The number of carbonyl (C=O) groups excluding carboxylic acids is 2. The van der Waals surface area contributed by atoms with Gasteiger partial charge in [-0.15, -0.1) is 0 Å². The topological polar surface area (TPSA) is 95.1 Å². The minimum Gasteiger partial charge on any atom is -0.335 e. The Kier molecular flexibility index (Phi) is 4.14. The molecule has 1 N–H and O–H groups in total. The van der Waals surface area contributed by atoms with Crippen LogP contribution >= 0.6 is 0 Å². The van der Waals surface area contributed by atoms with E-state index in [0.717, 1.165) is 42.6 Å². The zero-order valence-electron chi connectivity index (χ0n) is 16.0. The lowest BCUT2D eigenvalue weighted by Crippen LogP contribution is -2.48. The van der Waals surface area contributed by atoms with Crippen LogP contribution in [0.2, 0.25) is 0 Å². The third-order valence-electron chi connectivity index (χ3n) is 6.20. The third kappa shape index (κ3) is 2.96. The number of amides is 2. The molecule has 0 aromatic carbocycles. The Balaban J connectivity index is 1.39. The van der Waals surface area contributed by atoms with Gasteiger partial charge in [0.2, 0.25) is 0 Å². The van der Waals surface area contributed by atoms with Gasteiger partial charge in [0.15, 0.2) is 0 Å². The fourth-order valence-corrected chi connectivity index (χ4v) is 4.58. The molecule has 2 amide bonds. The van der Waals surface area contributed by atoms with Crippen LogP contribution in [-0.2, 0) is 0 Å². The number of carbonyl (C=O) groups is 2. The summed E-state index contributed by atoms with van der Waals surface area (Å²) in [5.41, 5.74) is 2.89. The van der Waals surface area contributed by atoms with Gasteiger partial charge in [-0.25, -0.2) is 4.98 Å². The fourth-order valence-electron chi connectivity index (χ4n) is 4.58. The summed E-state index contributed by atoms with van der Waals surface area (Å²) in [5.74, 6) is 0.678. The van der Waals surface area contributed by atoms with Crippen molar-refractivity contribution in [3.8, 4) is 0 Å². The van der Waals surface area contributed by atoms with Crippen LogP contribution in [0.15, 0.2) is 18.6 Å². The Morgan fingerprint density at radius 3 is 2.68 bits per heavy atom. The number of hydrogen-bond acceptors (Lipinski definition) is 5. The van der Waals surface area contributed by atoms with E-state index in [1.165, 1.54) is 12.4 Å². The highest BCUT2D eigenvalue weighted by atomic mass is 16.2. The predicted octanol–water partition coefficient (Wildman–Crippen LogP) is 1.76. The Morgan fingerprint density at radius 2 is 1.93 bits per heavy atom. The molecule has 3 saturated heterocycles. The maximum atomic E-state index is 13.5. The largest absolute Gasteiger partial charge is 0.335 e. The number of aryl methyl sites for hydroxylation is 1. The monoisotopic (exact) mass is 380 g/mol. The van der Waals surface area contributed by atoms with E-state index in [0.29, 0.717) is 37.2 Å². The second kappa shape index (κ2) is 6.68. The van der Waals surface area contributed by atoms with E-state index in [9.17, 15) is 9.59 Å². The molecule has 2 aromatic heterocycles. The Labute approximate surface area is 163 Å². The molecule has 3 aliphatic heterocycles. The van der Waals surface area contributed by atoms with E-state index in [-0.39, 0.29) is 17.9 Å². The van der Waals surface area contributed by atoms with E-state index in [1.54, 1.807) is 6.20 Å². The number of fused-ring (bicyclic) bond motifs is 4. The van der Waals surface area contributed by atoms with Crippen molar-refractivity contribution in [1.29, 1.82) is 0 Å². The SMILES string of the molecule is Cc1[nH]nc(C2CC2)c1C(=O)N1C[C@H]2CC[C@@H]1CN(C(=O)c1cnccn1)C2. The van der Waals surface area contributed by atoms with Gasteiger partial charge in [-0.3, -0.25) is 19.7 Å². The highest BCUT2D eigenvalue weighted by Gasteiger charge is 2.41.